The number of nitrogens with zero attached hydrogens (tertiary/aromatic N) is 1. The van der Waals surface area contributed by atoms with Crippen LogP contribution < -0.4 is 11.1 Å². The largest absolute Gasteiger partial charge is 0.398 e. The number of hydrogen-bond acceptors (Lipinski definition) is 4. The fraction of sp³-hybridized carbons (Fsp3) is 0. The van der Waals surface area contributed by atoms with E-state index < -0.39 is 0 Å². The minimum Gasteiger partial charge on any atom is -0.398 e. The number of carbonyl (C=O) groups excluding carboxylic acids is 1. The molecular formula is C14H11N3O2. The summed E-state index contributed by atoms with van der Waals surface area (Å²) in [6.07, 6.45) is 1.39. The van der Waals surface area contributed by atoms with Gasteiger partial charge >= 0.3 is 0 Å². The first-order chi connectivity index (χ1) is 9.24. The Balaban J connectivity index is 1.99. The van der Waals surface area contributed by atoms with Gasteiger partial charge in [-0.1, -0.05) is 29.4 Å². The molecule has 5 nitrogen and oxygen atoms in total. The zero-order valence-corrected chi connectivity index (χ0v) is 9.96. The van der Waals surface area contributed by atoms with Gasteiger partial charge in [0.2, 0.25) is 0 Å². The molecule has 0 aliphatic heterocycles. The Kier molecular flexibility index (Phi) is 2.64. The molecule has 0 radical (unpaired) electrons. The van der Waals surface area contributed by atoms with Gasteiger partial charge in [-0.05, 0) is 22.9 Å². The Morgan fingerprint density at radius 2 is 1.89 bits per heavy atom. The highest BCUT2D eigenvalue weighted by Gasteiger charge is 2.12. The summed E-state index contributed by atoms with van der Waals surface area (Å²) in [7, 11) is 0. The van der Waals surface area contributed by atoms with Gasteiger partial charge in [-0.15, -0.1) is 0 Å². The van der Waals surface area contributed by atoms with Gasteiger partial charge in [0.15, 0.2) is 5.82 Å². The molecule has 0 spiro atoms. The number of nitrogens with two attached hydrogens (primary N) is 1. The second-order valence-electron chi connectivity index (χ2n) is 4.13. The molecule has 0 bridgehead atoms. The van der Waals surface area contributed by atoms with Crippen LogP contribution in [0.2, 0.25) is 0 Å². The van der Waals surface area contributed by atoms with E-state index in [4.69, 9.17) is 5.73 Å². The van der Waals surface area contributed by atoms with Crippen molar-refractivity contribution in [2.45, 2.75) is 0 Å². The lowest BCUT2D eigenvalue weighted by Crippen LogP contribution is -2.14. The molecule has 0 saturated carbocycles. The molecule has 1 amide bonds. The molecule has 5 heteroatoms. The van der Waals surface area contributed by atoms with Crippen molar-refractivity contribution in [1.82, 2.24) is 5.16 Å². The molecule has 0 atom stereocenters. The fourth-order valence-corrected chi connectivity index (χ4v) is 1.92. The lowest BCUT2D eigenvalue weighted by molar-refractivity contribution is 0.102. The van der Waals surface area contributed by atoms with Crippen molar-refractivity contribution >= 4 is 28.2 Å². The highest BCUT2D eigenvalue weighted by molar-refractivity contribution is 6.10. The van der Waals surface area contributed by atoms with E-state index in [9.17, 15) is 4.79 Å². The van der Waals surface area contributed by atoms with Gasteiger partial charge in [0.25, 0.3) is 5.91 Å². The maximum absolute atomic E-state index is 12.1. The molecular weight excluding hydrogens is 242 g/mol. The number of rotatable bonds is 2. The molecule has 0 unspecified atom stereocenters. The van der Waals surface area contributed by atoms with E-state index in [2.05, 4.69) is 15.0 Å². The van der Waals surface area contributed by atoms with Crippen LogP contribution >= 0.6 is 0 Å². The summed E-state index contributed by atoms with van der Waals surface area (Å²) in [5.74, 6) is 0.0507. The van der Waals surface area contributed by atoms with Gasteiger partial charge in [-0.25, -0.2) is 0 Å². The van der Waals surface area contributed by atoms with Crippen LogP contribution in [0.15, 0.2) is 53.3 Å². The first-order valence-electron chi connectivity index (χ1n) is 5.74. The van der Waals surface area contributed by atoms with Gasteiger partial charge in [-0.2, -0.15) is 0 Å². The van der Waals surface area contributed by atoms with Crippen molar-refractivity contribution in [1.29, 1.82) is 0 Å². The summed E-state index contributed by atoms with van der Waals surface area (Å²) in [5, 5.41) is 8.20. The van der Waals surface area contributed by atoms with Crippen LogP contribution in [0.4, 0.5) is 11.5 Å². The number of benzene rings is 2. The van der Waals surface area contributed by atoms with Crippen LogP contribution in [0.1, 0.15) is 10.4 Å². The maximum Gasteiger partial charge on any atom is 0.259 e. The van der Waals surface area contributed by atoms with Gasteiger partial charge in [0, 0.05) is 11.8 Å². The first kappa shape index (κ1) is 11.3. The van der Waals surface area contributed by atoms with Crippen molar-refractivity contribution in [2.75, 3.05) is 11.1 Å². The van der Waals surface area contributed by atoms with Crippen LogP contribution in [0.25, 0.3) is 10.8 Å². The summed E-state index contributed by atoms with van der Waals surface area (Å²) in [4.78, 5) is 12.1. The first-order valence-corrected chi connectivity index (χ1v) is 5.74. The smallest absolute Gasteiger partial charge is 0.259 e. The topological polar surface area (TPSA) is 81.2 Å². The third-order valence-corrected chi connectivity index (χ3v) is 2.84. The Hall–Kier alpha value is -2.82. The van der Waals surface area contributed by atoms with Gasteiger partial charge in [0.05, 0.1) is 5.56 Å². The number of nitrogen functional groups attached to an aromatic ring is 1. The van der Waals surface area contributed by atoms with E-state index in [-0.39, 0.29) is 5.91 Å². The second-order valence-corrected chi connectivity index (χ2v) is 4.13. The third-order valence-electron chi connectivity index (χ3n) is 2.84. The lowest BCUT2D eigenvalue weighted by atomic mass is 10.0. The number of amides is 1. The van der Waals surface area contributed by atoms with E-state index in [1.54, 1.807) is 18.2 Å². The van der Waals surface area contributed by atoms with E-state index >= 15 is 0 Å². The molecule has 19 heavy (non-hydrogen) atoms. The Morgan fingerprint density at radius 1 is 1.16 bits per heavy atom. The average Bonchev–Trinajstić information content (AvgIpc) is 2.90. The summed E-state index contributed by atoms with van der Waals surface area (Å²) in [6, 6.07) is 12.8. The van der Waals surface area contributed by atoms with Gasteiger partial charge < -0.3 is 15.6 Å². The van der Waals surface area contributed by atoms with Crippen molar-refractivity contribution < 1.29 is 9.32 Å². The average molecular weight is 253 g/mol. The Labute approximate surface area is 109 Å². The van der Waals surface area contributed by atoms with Gasteiger partial charge in [-0.3, -0.25) is 4.79 Å². The summed E-state index contributed by atoms with van der Waals surface area (Å²) in [5.41, 5.74) is 6.76. The molecule has 0 aliphatic rings. The quantitative estimate of drug-likeness (QED) is 0.688. The van der Waals surface area contributed by atoms with E-state index in [1.165, 1.54) is 6.26 Å². The number of hydrogen-bond donors (Lipinski definition) is 2. The van der Waals surface area contributed by atoms with Crippen molar-refractivity contribution in [3.05, 3.63) is 54.3 Å². The van der Waals surface area contributed by atoms with E-state index in [0.717, 1.165) is 10.8 Å². The molecule has 3 rings (SSSR count). The van der Waals surface area contributed by atoms with E-state index in [0.29, 0.717) is 17.1 Å². The minimum absolute atomic E-state index is 0.308. The summed E-state index contributed by atoms with van der Waals surface area (Å²) >= 11 is 0. The van der Waals surface area contributed by atoms with Crippen molar-refractivity contribution in [3.8, 4) is 0 Å². The SMILES string of the molecule is Nc1cc2ccccc2cc1C(=O)Nc1ccon1. The standard InChI is InChI=1S/C14H11N3O2/c15-12-8-10-4-2-1-3-9(10)7-11(12)14(18)16-13-5-6-19-17-13/h1-8H,15H2,(H,16,17,18). The molecule has 1 aromatic heterocycles. The molecule has 0 fully saturated rings. The number of carbonyl (C=O) groups is 1. The second kappa shape index (κ2) is 4.45. The monoisotopic (exact) mass is 253 g/mol. The predicted molar refractivity (Wildman–Crippen MR) is 72.8 cm³/mol. The van der Waals surface area contributed by atoms with Crippen LogP contribution in [0, 0.1) is 0 Å². The fourth-order valence-electron chi connectivity index (χ4n) is 1.92. The molecule has 0 aliphatic carbocycles. The number of fused-ring (bicyclic) bond motifs is 1. The summed E-state index contributed by atoms with van der Waals surface area (Å²) < 4.78 is 4.66. The number of anilines is 2. The van der Waals surface area contributed by atoms with Crippen molar-refractivity contribution in [3.63, 3.8) is 0 Å². The third kappa shape index (κ3) is 2.13. The zero-order valence-electron chi connectivity index (χ0n) is 9.96. The maximum atomic E-state index is 12.1. The highest BCUT2D eigenvalue weighted by atomic mass is 16.5. The molecule has 2 aromatic carbocycles. The molecule has 94 valence electrons. The van der Waals surface area contributed by atoms with Crippen molar-refractivity contribution in [2.24, 2.45) is 0 Å². The predicted octanol–water partition coefficient (Wildman–Crippen LogP) is 2.66. The van der Waals surface area contributed by atoms with Gasteiger partial charge in [0.1, 0.15) is 6.26 Å². The zero-order chi connectivity index (χ0) is 13.2. The van der Waals surface area contributed by atoms with Crippen LogP contribution in [0.3, 0.4) is 0 Å². The Morgan fingerprint density at radius 3 is 2.58 bits per heavy atom. The number of aromatic nitrogens is 1. The van der Waals surface area contributed by atoms with E-state index in [1.807, 2.05) is 24.3 Å². The van der Waals surface area contributed by atoms with Crippen LogP contribution in [-0.2, 0) is 0 Å². The molecule has 1 heterocycles. The lowest BCUT2D eigenvalue weighted by Gasteiger charge is -2.07. The van der Waals surface area contributed by atoms with Crippen LogP contribution in [-0.4, -0.2) is 11.1 Å². The highest BCUT2D eigenvalue weighted by Crippen LogP contribution is 2.22. The molecule has 0 saturated heterocycles. The number of nitrogens with one attached hydrogen (secondary N) is 1. The summed E-state index contributed by atoms with van der Waals surface area (Å²) in [6.45, 7) is 0. The normalized spacial score (nSPS) is 10.5. The van der Waals surface area contributed by atoms with Crippen LogP contribution in [0.5, 0.6) is 0 Å². The molecule has 3 N–H and O–H groups in total. The molecule has 3 aromatic rings. The Bertz CT molecular complexity index is 736. The minimum atomic E-state index is -0.308.